The highest BCUT2D eigenvalue weighted by molar-refractivity contribution is 5.76. The van der Waals surface area contributed by atoms with Crippen LogP contribution in [0.5, 0.6) is 0 Å². The van der Waals surface area contributed by atoms with Crippen LogP contribution in [0.2, 0.25) is 0 Å². The molecule has 2 atom stereocenters. The van der Waals surface area contributed by atoms with Crippen molar-refractivity contribution in [3.05, 3.63) is 12.2 Å². The first kappa shape index (κ1) is 79.6. The maximum Gasteiger partial charge on any atom is 0.305 e. The third-order valence-corrected chi connectivity index (χ3v) is 17.8. The number of amides is 1. The second-order valence-electron chi connectivity index (χ2n) is 26.0. The number of aliphatic hydroxyl groups excluding tert-OH is 2. The third-order valence-electron chi connectivity index (χ3n) is 17.8. The fraction of sp³-hybridized carbons (Fsp3) is 0.947. The van der Waals surface area contributed by atoms with Gasteiger partial charge in [0.15, 0.2) is 0 Å². The Balaban J connectivity index is 3.36. The van der Waals surface area contributed by atoms with Gasteiger partial charge in [0.05, 0.1) is 25.4 Å². The molecule has 0 bridgehead atoms. The topological polar surface area (TPSA) is 95.9 Å². The number of carbonyl (C=O) groups is 2. The normalized spacial score (nSPS) is 12.5. The minimum absolute atomic E-state index is 0.0218. The van der Waals surface area contributed by atoms with Gasteiger partial charge in [-0.2, -0.15) is 0 Å². The van der Waals surface area contributed by atoms with E-state index >= 15 is 0 Å². The van der Waals surface area contributed by atoms with Crippen molar-refractivity contribution in [3.63, 3.8) is 0 Å². The Labute approximate surface area is 508 Å². The zero-order valence-corrected chi connectivity index (χ0v) is 55.3. The number of carbonyl (C=O) groups excluding carboxylic acids is 2. The molecule has 482 valence electrons. The summed E-state index contributed by atoms with van der Waals surface area (Å²) in [7, 11) is 0. The van der Waals surface area contributed by atoms with Crippen LogP contribution in [0, 0.1) is 0 Å². The molecule has 1 amide bonds. The number of nitrogens with one attached hydrogen (secondary N) is 1. The van der Waals surface area contributed by atoms with E-state index in [1.54, 1.807) is 6.08 Å². The molecule has 0 aromatic carbocycles. The lowest BCUT2D eigenvalue weighted by Crippen LogP contribution is -2.45. The summed E-state index contributed by atoms with van der Waals surface area (Å²) in [5, 5.41) is 23.3. The van der Waals surface area contributed by atoms with Crippen molar-refractivity contribution in [1.29, 1.82) is 0 Å². The molecule has 0 spiro atoms. The molecule has 0 aromatic rings. The van der Waals surface area contributed by atoms with Crippen LogP contribution in [0.3, 0.4) is 0 Å². The van der Waals surface area contributed by atoms with Gasteiger partial charge in [-0.3, -0.25) is 9.59 Å². The van der Waals surface area contributed by atoms with E-state index in [0.717, 1.165) is 38.5 Å². The second-order valence-corrected chi connectivity index (χ2v) is 26.0. The number of aliphatic hydroxyl groups is 2. The summed E-state index contributed by atoms with van der Waals surface area (Å²) in [6.07, 6.45) is 88.8. The summed E-state index contributed by atoms with van der Waals surface area (Å²) in [5.41, 5.74) is 0. The lowest BCUT2D eigenvalue weighted by atomic mass is 10.0. The summed E-state index contributed by atoms with van der Waals surface area (Å²) in [4.78, 5) is 24.6. The molecule has 3 N–H and O–H groups in total. The third kappa shape index (κ3) is 67.6. The molecule has 6 nitrogen and oxygen atoms in total. The summed E-state index contributed by atoms with van der Waals surface area (Å²) >= 11 is 0. The number of allylic oxidation sites excluding steroid dienone is 1. The van der Waals surface area contributed by atoms with Crippen LogP contribution in [0.4, 0.5) is 0 Å². The summed E-state index contributed by atoms with van der Waals surface area (Å²) < 4.78 is 5.49. The van der Waals surface area contributed by atoms with E-state index in [-0.39, 0.29) is 18.5 Å². The number of esters is 1. The van der Waals surface area contributed by atoms with Gasteiger partial charge in [0.25, 0.3) is 0 Å². The van der Waals surface area contributed by atoms with Gasteiger partial charge in [-0.25, -0.2) is 0 Å². The molecule has 0 saturated heterocycles. The first-order valence-electron chi connectivity index (χ1n) is 37.5. The molecule has 0 aliphatic rings. The van der Waals surface area contributed by atoms with Crippen LogP contribution >= 0.6 is 0 Å². The van der Waals surface area contributed by atoms with Crippen molar-refractivity contribution in [1.82, 2.24) is 5.32 Å². The van der Waals surface area contributed by atoms with Crippen LogP contribution in [0.1, 0.15) is 431 Å². The number of ether oxygens (including phenoxy) is 1. The molecule has 0 aromatic heterocycles. The number of hydrogen-bond acceptors (Lipinski definition) is 5. The first-order chi connectivity index (χ1) is 40.0. The van der Waals surface area contributed by atoms with Gasteiger partial charge in [-0.05, 0) is 32.1 Å². The largest absolute Gasteiger partial charge is 0.466 e. The van der Waals surface area contributed by atoms with Crippen molar-refractivity contribution >= 4 is 11.9 Å². The van der Waals surface area contributed by atoms with Gasteiger partial charge in [0.1, 0.15) is 0 Å². The Hall–Kier alpha value is -1.40. The maximum atomic E-state index is 12.5. The lowest BCUT2D eigenvalue weighted by Gasteiger charge is -2.20. The van der Waals surface area contributed by atoms with Crippen LogP contribution in [-0.4, -0.2) is 47.4 Å². The van der Waals surface area contributed by atoms with Gasteiger partial charge in [0, 0.05) is 12.8 Å². The van der Waals surface area contributed by atoms with Crippen LogP contribution in [0.25, 0.3) is 0 Å². The van der Waals surface area contributed by atoms with Gasteiger partial charge in [0.2, 0.25) is 5.91 Å². The molecule has 0 saturated carbocycles. The fourth-order valence-electron chi connectivity index (χ4n) is 12.1. The molecule has 6 heteroatoms. The van der Waals surface area contributed by atoms with E-state index in [1.807, 2.05) is 6.08 Å². The zero-order valence-electron chi connectivity index (χ0n) is 55.3. The van der Waals surface area contributed by atoms with Gasteiger partial charge < -0.3 is 20.3 Å². The van der Waals surface area contributed by atoms with Gasteiger partial charge in [-0.1, -0.05) is 398 Å². The molecular formula is C75H147NO5. The minimum Gasteiger partial charge on any atom is -0.466 e. The number of rotatable bonds is 71. The standard InChI is InChI=1S/C75H147NO5/c1-3-5-7-9-11-13-15-17-18-19-20-21-31-34-37-40-44-47-51-55-59-63-67-73(78)72(71-77)76-74(79)68-64-60-56-52-48-45-41-38-35-32-29-27-25-23-22-24-26-28-30-33-36-39-42-46-50-54-58-62-66-70-81-75(80)69-65-61-57-53-49-43-16-14-12-10-8-6-4-2/h63,67,72-73,77-78H,3-62,64-66,68-71H2,1-2H3,(H,76,79)/b67-63+. The average Bonchev–Trinajstić information content (AvgIpc) is 3.47. The van der Waals surface area contributed by atoms with E-state index in [4.69, 9.17) is 4.74 Å². The molecule has 2 unspecified atom stereocenters. The predicted octanol–water partition coefficient (Wildman–Crippen LogP) is 24.3. The Morgan fingerprint density at radius 2 is 0.568 bits per heavy atom. The van der Waals surface area contributed by atoms with Gasteiger partial charge >= 0.3 is 5.97 Å². The molecule has 0 heterocycles. The minimum atomic E-state index is -0.842. The predicted molar refractivity (Wildman–Crippen MR) is 357 cm³/mol. The van der Waals surface area contributed by atoms with Crippen LogP contribution < -0.4 is 5.32 Å². The summed E-state index contributed by atoms with van der Waals surface area (Å²) in [6.45, 7) is 4.96. The molecule has 0 aliphatic heterocycles. The Morgan fingerprint density at radius 1 is 0.333 bits per heavy atom. The smallest absolute Gasteiger partial charge is 0.305 e. The van der Waals surface area contributed by atoms with Crippen LogP contribution in [0.15, 0.2) is 12.2 Å². The molecule has 81 heavy (non-hydrogen) atoms. The Morgan fingerprint density at radius 3 is 0.840 bits per heavy atom. The van der Waals surface area contributed by atoms with Crippen molar-refractivity contribution in [3.8, 4) is 0 Å². The van der Waals surface area contributed by atoms with Crippen LogP contribution in [-0.2, 0) is 14.3 Å². The fourth-order valence-corrected chi connectivity index (χ4v) is 12.1. The highest BCUT2D eigenvalue weighted by atomic mass is 16.5. The SMILES string of the molecule is CCCCCCCCCCCCCCCCCCCCCC/C=C/C(O)C(CO)NC(=O)CCCCCCCCCCCCCCCCCCCCCCCCCCCCCCCOC(=O)CCCCCCCCCCCCCCC. The van der Waals surface area contributed by atoms with E-state index < -0.39 is 12.1 Å². The molecule has 0 rings (SSSR count). The maximum absolute atomic E-state index is 12.5. The molecule has 0 radical (unpaired) electrons. The molecule has 0 fully saturated rings. The van der Waals surface area contributed by atoms with Crippen molar-refractivity contribution < 1.29 is 24.5 Å². The molecular weight excluding hydrogens is 995 g/mol. The number of unbranched alkanes of at least 4 members (excludes halogenated alkanes) is 60. The monoisotopic (exact) mass is 1140 g/mol. The summed E-state index contributed by atoms with van der Waals surface area (Å²) in [6, 6.07) is -0.625. The number of hydrogen-bond donors (Lipinski definition) is 3. The summed E-state index contributed by atoms with van der Waals surface area (Å²) in [5.74, 6) is -0.0375. The van der Waals surface area contributed by atoms with Gasteiger partial charge in [-0.15, -0.1) is 0 Å². The highest BCUT2D eigenvalue weighted by Crippen LogP contribution is 2.20. The second kappa shape index (κ2) is 71.1. The Bertz CT molecular complexity index is 1220. The van der Waals surface area contributed by atoms with E-state index in [1.165, 1.54) is 366 Å². The first-order valence-corrected chi connectivity index (χ1v) is 37.5. The average molecular weight is 1140 g/mol. The van der Waals surface area contributed by atoms with Crippen molar-refractivity contribution in [2.24, 2.45) is 0 Å². The van der Waals surface area contributed by atoms with E-state index in [0.29, 0.717) is 19.4 Å². The quantitative estimate of drug-likeness (QED) is 0.0320. The lowest BCUT2D eigenvalue weighted by molar-refractivity contribution is -0.143. The Kier molecular flexibility index (Phi) is 69.9. The van der Waals surface area contributed by atoms with E-state index in [9.17, 15) is 19.8 Å². The van der Waals surface area contributed by atoms with E-state index in [2.05, 4.69) is 19.2 Å². The zero-order chi connectivity index (χ0) is 58.5. The molecule has 0 aliphatic carbocycles. The highest BCUT2D eigenvalue weighted by Gasteiger charge is 2.18. The van der Waals surface area contributed by atoms with Crippen molar-refractivity contribution in [2.45, 2.75) is 443 Å². The van der Waals surface area contributed by atoms with Crippen molar-refractivity contribution in [2.75, 3.05) is 13.2 Å².